The van der Waals surface area contributed by atoms with E-state index in [4.69, 9.17) is 16.3 Å². The van der Waals surface area contributed by atoms with Gasteiger partial charge in [0.15, 0.2) is 0 Å². The number of rotatable bonds is 6. The second-order valence-electron chi connectivity index (χ2n) is 6.72. The molecule has 1 aromatic heterocycles. The number of halogens is 1. The zero-order valence-electron chi connectivity index (χ0n) is 15.5. The number of nitrogens with zero attached hydrogens (tertiary/aromatic N) is 2. The van der Waals surface area contributed by atoms with E-state index in [0.29, 0.717) is 6.54 Å². The molecule has 0 radical (unpaired) electrons. The van der Waals surface area contributed by atoms with E-state index in [-0.39, 0.29) is 6.03 Å². The van der Waals surface area contributed by atoms with Crippen LogP contribution in [0.15, 0.2) is 18.2 Å². The standard InChI is InChI=1S/C19H27ClN4O2/c1-14-16(17-13-15(20)3-4-18(17)22-14)5-6-21-19(25)24-9-7-23(8-10-24)11-12-26-2/h3-4,13,22H,5-12H2,1-2H3,(H,21,25). The van der Waals surface area contributed by atoms with E-state index in [1.54, 1.807) is 7.11 Å². The molecule has 7 heteroatoms. The van der Waals surface area contributed by atoms with E-state index < -0.39 is 0 Å². The van der Waals surface area contributed by atoms with Crippen LogP contribution in [-0.4, -0.2) is 73.8 Å². The summed E-state index contributed by atoms with van der Waals surface area (Å²) >= 11 is 6.13. The lowest BCUT2D eigenvalue weighted by atomic mass is 10.1. The van der Waals surface area contributed by atoms with Crippen LogP contribution in [0.5, 0.6) is 0 Å². The molecular weight excluding hydrogens is 352 g/mol. The number of benzene rings is 1. The molecule has 26 heavy (non-hydrogen) atoms. The number of piperazine rings is 1. The number of hydrogen-bond acceptors (Lipinski definition) is 3. The van der Waals surface area contributed by atoms with E-state index in [0.717, 1.165) is 67.4 Å². The number of fused-ring (bicyclic) bond motifs is 1. The molecule has 1 aromatic carbocycles. The van der Waals surface area contributed by atoms with Crippen LogP contribution < -0.4 is 5.32 Å². The van der Waals surface area contributed by atoms with E-state index in [2.05, 4.69) is 22.1 Å². The van der Waals surface area contributed by atoms with Gasteiger partial charge in [-0.1, -0.05) is 11.6 Å². The highest BCUT2D eigenvalue weighted by Gasteiger charge is 2.20. The number of H-pyrrole nitrogens is 1. The van der Waals surface area contributed by atoms with Gasteiger partial charge in [-0.2, -0.15) is 0 Å². The Morgan fingerprint density at radius 1 is 1.31 bits per heavy atom. The van der Waals surface area contributed by atoms with Crippen molar-refractivity contribution in [2.75, 3.05) is 53.0 Å². The minimum Gasteiger partial charge on any atom is -0.383 e. The highest BCUT2D eigenvalue weighted by molar-refractivity contribution is 6.31. The van der Waals surface area contributed by atoms with Gasteiger partial charge in [0.1, 0.15) is 0 Å². The Kier molecular flexibility index (Phi) is 6.40. The summed E-state index contributed by atoms with van der Waals surface area (Å²) in [4.78, 5) is 20.0. The maximum Gasteiger partial charge on any atom is 0.317 e. The van der Waals surface area contributed by atoms with Crippen LogP contribution in [0.3, 0.4) is 0 Å². The SMILES string of the molecule is COCCN1CCN(C(=O)NCCc2c(C)[nH]c3ccc(Cl)cc23)CC1. The van der Waals surface area contributed by atoms with Gasteiger partial charge in [-0.15, -0.1) is 0 Å². The Balaban J connectivity index is 1.49. The highest BCUT2D eigenvalue weighted by Crippen LogP contribution is 2.25. The van der Waals surface area contributed by atoms with Crippen LogP contribution >= 0.6 is 11.6 Å². The van der Waals surface area contributed by atoms with Crippen molar-refractivity contribution in [1.82, 2.24) is 20.1 Å². The first-order valence-corrected chi connectivity index (χ1v) is 9.47. The first-order valence-electron chi connectivity index (χ1n) is 9.09. The van der Waals surface area contributed by atoms with Crippen molar-refractivity contribution >= 4 is 28.5 Å². The van der Waals surface area contributed by atoms with Crippen molar-refractivity contribution < 1.29 is 9.53 Å². The van der Waals surface area contributed by atoms with Gasteiger partial charge in [-0.25, -0.2) is 4.79 Å². The maximum atomic E-state index is 12.4. The van der Waals surface area contributed by atoms with E-state index >= 15 is 0 Å². The number of nitrogens with one attached hydrogen (secondary N) is 2. The van der Waals surface area contributed by atoms with Crippen molar-refractivity contribution in [3.8, 4) is 0 Å². The molecule has 6 nitrogen and oxygen atoms in total. The number of methoxy groups -OCH3 is 1. The molecule has 1 aliphatic heterocycles. The topological polar surface area (TPSA) is 60.6 Å². The highest BCUT2D eigenvalue weighted by atomic mass is 35.5. The normalized spacial score (nSPS) is 15.6. The van der Waals surface area contributed by atoms with Gasteiger partial charge in [0, 0.05) is 68.0 Å². The third-order valence-corrected chi connectivity index (χ3v) is 5.24. The van der Waals surface area contributed by atoms with Crippen LogP contribution in [0.4, 0.5) is 4.79 Å². The Bertz CT molecular complexity index is 753. The van der Waals surface area contributed by atoms with Crippen LogP contribution in [0, 0.1) is 6.92 Å². The molecule has 0 bridgehead atoms. The number of aryl methyl sites for hydroxylation is 1. The average Bonchev–Trinajstić information content (AvgIpc) is 2.95. The Morgan fingerprint density at radius 3 is 2.81 bits per heavy atom. The number of carbonyl (C=O) groups is 1. The zero-order valence-corrected chi connectivity index (χ0v) is 16.2. The number of carbonyl (C=O) groups excluding carboxylic acids is 1. The summed E-state index contributed by atoms with van der Waals surface area (Å²) in [6, 6.07) is 5.89. The molecule has 1 fully saturated rings. The van der Waals surface area contributed by atoms with Gasteiger partial charge < -0.3 is 19.9 Å². The molecule has 1 saturated heterocycles. The molecule has 0 spiro atoms. The van der Waals surface area contributed by atoms with E-state index in [1.165, 1.54) is 5.56 Å². The second-order valence-corrected chi connectivity index (χ2v) is 7.16. The largest absolute Gasteiger partial charge is 0.383 e. The van der Waals surface area contributed by atoms with Crippen molar-refractivity contribution in [3.63, 3.8) is 0 Å². The molecule has 3 rings (SSSR count). The Labute approximate surface area is 159 Å². The van der Waals surface area contributed by atoms with E-state index in [1.807, 2.05) is 23.1 Å². The molecule has 0 saturated carbocycles. The average molecular weight is 379 g/mol. The number of aromatic nitrogens is 1. The molecule has 2 heterocycles. The van der Waals surface area contributed by atoms with Crippen molar-refractivity contribution in [2.24, 2.45) is 0 Å². The van der Waals surface area contributed by atoms with Gasteiger partial charge >= 0.3 is 6.03 Å². The molecule has 0 atom stereocenters. The fourth-order valence-corrected chi connectivity index (χ4v) is 3.65. The fourth-order valence-electron chi connectivity index (χ4n) is 3.48. The Morgan fingerprint density at radius 2 is 2.08 bits per heavy atom. The van der Waals surface area contributed by atoms with Gasteiger partial charge in [0.25, 0.3) is 0 Å². The van der Waals surface area contributed by atoms with Crippen molar-refractivity contribution in [1.29, 1.82) is 0 Å². The number of hydrogen-bond donors (Lipinski definition) is 2. The smallest absolute Gasteiger partial charge is 0.317 e. The molecule has 2 amide bonds. The van der Waals surface area contributed by atoms with Gasteiger partial charge in [0.2, 0.25) is 0 Å². The summed E-state index contributed by atoms with van der Waals surface area (Å²) in [5.74, 6) is 0. The summed E-state index contributed by atoms with van der Waals surface area (Å²) in [6.45, 7) is 7.66. The fraction of sp³-hybridized carbons (Fsp3) is 0.526. The Hall–Kier alpha value is -1.76. The minimum absolute atomic E-state index is 0.0203. The molecule has 0 unspecified atom stereocenters. The van der Waals surface area contributed by atoms with Crippen molar-refractivity contribution in [2.45, 2.75) is 13.3 Å². The van der Waals surface area contributed by atoms with Crippen LogP contribution in [0.25, 0.3) is 10.9 Å². The first kappa shape index (κ1) is 19.0. The summed E-state index contributed by atoms with van der Waals surface area (Å²) in [7, 11) is 1.72. The molecule has 1 aliphatic rings. The monoisotopic (exact) mass is 378 g/mol. The third-order valence-electron chi connectivity index (χ3n) is 5.00. The summed E-state index contributed by atoms with van der Waals surface area (Å²) < 4.78 is 5.11. The molecule has 2 aromatic rings. The lowest BCUT2D eigenvalue weighted by Gasteiger charge is -2.34. The maximum absolute atomic E-state index is 12.4. The first-order chi connectivity index (χ1) is 12.6. The number of urea groups is 1. The quantitative estimate of drug-likeness (QED) is 0.812. The predicted molar refractivity (Wildman–Crippen MR) is 105 cm³/mol. The number of aromatic amines is 1. The van der Waals surface area contributed by atoms with Crippen LogP contribution in [0.2, 0.25) is 5.02 Å². The zero-order chi connectivity index (χ0) is 18.5. The summed E-state index contributed by atoms with van der Waals surface area (Å²) in [6.07, 6.45) is 0.783. The molecule has 2 N–H and O–H groups in total. The summed E-state index contributed by atoms with van der Waals surface area (Å²) in [5.41, 5.74) is 3.43. The lowest BCUT2D eigenvalue weighted by Crippen LogP contribution is -2.52. The van der Waals surface area contributed by atoms with Crippen LogP contribution in [-0.2, 0) is 11.2 Å². The third kappa shape index (κ3) is 4.50. The van der Waals surface area contributed by atoms with Gasteiger partial charge in [-0.05, 0) is 37.1 Å². The molecule has 142 valence electrons. The molecular formula is C19H27ClN4O2. The van der Waals surface area contributed by atoms with Crippen molar-refractivity contribution in [3.05, 3.63) is 34.5 Å². The number of amides is 2. The lowest BCUT2D eigenvalue weighted by molar-refractivity contribution is 0.106. The second kappa shape index (κ2) is 8.75. The summed E-state index contributed by atoms with van der Waals surface area (Å²) in [5, 5.41) is 4.92. The van der Waals surface area contributed by atoms with Gasteiger partial charge in [0.05, 0.1) is 6.61 Å². The predicted octanol–water partition coefficient (Wildman–Crippen LogP) is 2.65. The van der Waals surface area contributed by atoms with Crippen LogP contribution in [0.1, 0.15) is 11.3 Å². The molecule has 0 aliphatic carbocycles. The van der Waals surface area contributed by atoms with Gasteiger partial charge in [-0.3, -0.25) is 4.90 Å². The number of ether oxygens (including phenoxy) is 1. The van der Waals surface area contributed by atoms with E-state index in [9.17, 15) is 4.79 Å². The minimum atomic E-state index is 0.0203.